The summed E-state index contributed by atoms with van der Waals surface area (Å²) in [4.78, 5) is 13.8. The lowest BCUT2D eigenvalue weighted by Crippen LogP contribution is -2.16. The molecule has 1 aromatic carbocycles. The number of fused-ring (bicyclic) bond motifs is 1. The van der Waals surface area contributed by atoms with E-state index >= 15 is 0 Å². The van der Waals surface area contributed by atoms with Gasteiger partial charge in [0.2, 0.25) is 0 Å². The van der Waals surface area contributed by atoms with Crippen LogP contribution < -0.4 is 11.7 Å². The van der Waals surface area contributed by atoms with E-state index in [1.807, 2.05) is 11.6 Å². The van der Waals surface area contributed by atoms with Gasteiger partial charge < -0.3 is 9.30 Å². The summed E-state index contributed by atoms with van der Waals surface area (Å²) in [6, 6.07) is 6.33. The van der Waals surface area contributed by atoms with Crippen molar-refractivity contribution in [2.75, 3.05) is 13.2 Å². The molecule has 8 heteroatoms. The van der Waals surface area contributed by atoms with Crippen LogP contribution in [0.2, 0.25) is 0 Å². The molecule has 4 rings (SSSR count). The summed E-state index contributed by atoms with van der Waals surface area (Å²) in [7, 11) is 1.93. The van der Waals surface area contributed by atoms with Gasteiger partial charge >= 0.3 is 0 Å². The van der Waals surface area contributed by atoms with Gasteiger partial charge in [-0.15, -0.1) is 0 Å². The van der Waals surface area contributed by atoms with Gasteiger partial charge in [-0.3, -0.25) is 11.7 Å². The molecule has 132 valence electrons. The Hall–Kier alpha value is -2.42. The molecule has 0 radical (unpaired) electrons. The van der Waals surface area contributed by atoms with Crippen LogP contribution in [-0.4, -0.2) is 32.7 Å². The third kappa shape index (κ3) is 3.51. The van der Waals surface area contributed by atoms with E-state index in [2.05, 4.69) is 21.7 Å². The van der Waals surface area contributed by atoms with Gasteiger partial charge in [-0.1, -0.05) is 0 Å². The summed E-state index contributed by atoms with van der Waals surface area (Å²) in [5.74, 6) is 9.71. The van der Waals surface area contributed by atoms with Crippen molar-refractivity contribution >= 4 is 11.2 Å². The molecule has 0 unspecified atom stereocenters. The van der Waals surface area contributed by atoms with Crippen molar-refractivity contribution in [3.05, 3.63) is 42.1 Å². The Morgan fingerprint density at radius 3 is 2.48 bits per heavy atom. The number of hydrazine groups is 1. The summed E-state index contributed by atoms with van der Waals surface area (Å²) in [5, 5.41) is 0. The van der Waals surface area contributed by atoms with E-state index in [1.165, 1.54) is 12.1 Å². The number of benzene rings is 1. The fourth-order valence-corrected chi connectivity index (χ4v) is 3.00. The SMILES string of the molecule is Cn1c(-c2ccc(F)cc2)nc2cnc(C3CCOCC3)nc21.NN. The summed E-state index contributed by atoms with van der Waals surface area (Å²) in [6.45, 7) is 1.52. The molecule has 0 bridgehead atoms. The quantitative estimate of drug-likeness (QED) is 0.543. The first kappa shape index (κ1) is 17.4. The third-order valence-corrected chi connectivity index (χ3v) is 4.32. The molecule has 0 atom stereocenters. The zero-order chi connectivity index (χ0) is 17.8. The number of aryl methyl sites for hydroxylation is 1. The predicted octanol–water partition coefficient (Wildman–Crippen LogP) is 1.88. The van der Waals surface area contributed by atoms with Crippen molar-refractivity contribution in [1.29, 1.82) is 0 Å². The average molecular weight is 344 g/mol. The number of rotatable bonds is 2. The lowest BCUT2D eigenvalue weighted by atomic mass is 9.99. The summed E-state index contributed by atoms with van der Waals surface area (Å²) >= 11 is 0. The Kier molecular flexibility index (Phi) is 5.32. The zero-order valence-electron chi connectivity index (χ0n) is 14.0. The van der Waals surface area contributed by atoms with Crippen molar-refractivity contribution in [2.45, 2.75) is 18.8 Å². The molecule has 1 aliphatic heterocycles. The molecular weight excluding hydrogens is 323 g/mol. The van der Waals surface area contributed by atoms with Crippen LogP contribution >= 0.6 is 0 Å². The van der Waals surface area contributed by atoms with Crippen LogP contribution in [0.25, 0.3) is 22.6 Å². The van der Waals surface area contributed by atoms with Gasteiger partial charge in [-0.05, 0) is 37.1 Å². The third-order valence-electron chi connectivity index (χ3n) is 4.32. The topological polar surface area (TPSA) is 105 Å². The predicted molar refractivity (Wildman–Crippen MR) is 92.9 cm³/mol. The standard InChI is InChI=1S/C17H17FN4O.H4N2/c1-22-16(12-2-4-13(18)5-3-12)20-14-10-19-15(21-17(14)22)11-6-8-23-9-7-11;1-2/h2-5,10-11H,6-9H2,1H3;1-2H2. The van der Waals surface area contributed by atoms with E-state index in [4.69, 9.17) is 9.72 Å². The van der Waals surface area contributed by atoms with E-state index in [1.54, 1.807) is 18.3 Å². The molecule has 0 aliphatic carbocycles. The highest BCUT2D eigenvalue weighted by Gasteiger charge is 2.20. The summed E-state index contributed by atoms with van der Waals surface area (Å²) in [5.41, 5.74) is 2.42. The average Bonchev–Trinajstić information content (AvgIpc) is 3.01. The summed E-state index contributed by atoms with van der Waals surface area (Å²) < 4.78 is 20.4. The van der Waals surface area contributed by atoms with Gasteiger partial charge in [0.25, 0.3) is 0 Å². The summed E-state index contributed by atoms with van der Waals surface area (Å²) in [6.07, 6.45) is 3.68. The molecule has 0 spiro atoms. The number of aromatic nitrogens is 4. The van der Waals surface area contributed by atoms with E-state index in [-0.39, 0.29) is 5.82 Å². The van der Waals surface area contributed by atoms with Crippen molar-refractivity contribution in [3.63, 3.8) is 0 Å². The monoisotopic (exact) mass is 344 g/mol. The second-order valence-corrected chi connectivity index (χ2v) is 5.83. The number of halogens is 1. The molecule has 0 saturated carbocycles. The Balaban J connectivity index is 0.000000880. The number of hydrogen-bond donors (Lipinski definition) is 2. The number of hydrogen-bond acceptors (Lipinski definition) is 6. The van der Waals surface area contributed by atoms with E-state index in [9.17, 15) is 4.39 Å². The van der Waals surface area contributed by atoms with Crippen LogP contribution in [0.4, 0.5) is 4.39 Å². The molecule has 1 saturated heterocycles. The Labute approximate surface area is 144 Å². The van der Waals surface area contributed by atoms with Gasteiger partial charge in [-0.2, -0.15) is 0 Å². The highest BCUT2D eigenvalue weighted by atomic mass is 19.1. The molecule has 1 aliphatic rings. The molecule has 2 aromatic heterocycles. The zero-order valence-corrected chi connectivity index (χ0v) is 14.0. The van der Waals surface area contributed by atoms with Crippen LogP contribution in [0.1, 0.15) is 24.6 Å². The smallest absolute Gasteiger partial charge is 0.163 e. The van der Waals surface area contributed by atoms with Crippen LogP contribution in [0.5, 0.6) is 0 Å². The Bertz CT molecular complexity index is 842. The maximum absolute atomic E-state index is 13.1. The fraction of sp³-hybridized carbons (Fsp3) is 0.353. The van der Waals surface area contributed by atoms with Crippen molar-refractivity contribution in [2.24, 2.45) is 18.7 Å². The first-order chi connectivity index (χ1) is 12.2. The highest BCUT2D eigenvalue weighted by Crippen LogP contribution is 2.27. The van der Waals surface area contributed by atoms with Gasteiger partial charge in [0.05, 0.1) is 6.20 Å². The molecule has 1 fully saturated rings. The van der Waals surface area contributed by atoms with Crippen molar-refractivity contribution in [3.8, 4) is 11.4 Å². The normalized spacial score (nSPS) is 15.0. The minimum absolute atomic E-state index is 0.255. The van der Waals surface area contributed by atoms with Gasteiger partial charge in [-0.25, -0.2) is 19.3 Å². The molecule has 3 heterocycles. The molecule has 25 heavy (non-hydrogen) atoms. The van der Waals surface area contributed by atoms with Gasteiger partial charge in [0.15, 0.2) is 5.65 Å². The van der Waals surface area contributed by atoms with Crippen molar-refractivity contribution < 1.29 is 9.13 Å². The second kappa shape index (κ2) is 7.64. The second-order valence-electron chi connectivity index (χ2n) is 5.83. The molecular formula is C17H21FN6O. The van der Waals surface area contributed by atoms with E-state index < -0.39 is 0 Å². The number of nitrogens with zero attached hydrogens (tertiary/aromatic N) is 4. The van der Waals surface area contributed by atoms with Crippen LogP contribution in [0.3, 0.4) is 0 Å². The first-order valence-corrected chi connectivity index (χ1v) is 8.09. The van der Waals surface area contributed by atoms with Crippen LogP contribution in [-0.2, 0) is 11.8 Å². The molecule has 0 amide bonds. The van der Waals surface area contributed by atoms with E-state index in [0.717, 1.165) is 54.4 Å². The largest absolute Gasteiger partial charge is 0.381 e. The fourth-order valence-electron chi connectivity index (χ4n) is 3.00. The number of ether oxygens (including phenoxy) is 1. The lowest BCUT2D eigenvalue weighted by molar-refractivity contribution is 0.0836. The Morgan fingerprint density at radius 2 is 1.80 bits per heavy atom. The number of nitrogens with two attached hydrogens (primary N) is 2. The highest BCUT2D eigenvalue weighted by molar-refractivity contribution is 5.76. The Morgan fingerprint density at radius 1 is 1.12 bits per heavy atom. The minimum Gasteiger partial charge on any atom is -0.381 e. The lowest BCUT2D eigenvalue weighted by Gasteiger charge is -2.20. The van der Waals surface area contributed by atoms with Gasteiger partial charge in [0.1, 0.15) is 23.0 Å². The van der Waals surface area contributed by atoms with Gasteiger partial charge in [0, 0.05) is 31.7 Å². The van der Waals surface area contributed by atoms with Crippen LogP contribution in [0.15, 0.2) is 30.5 Å². The molecule has 3 aromatic rings. The maximum atomic E-state index is 13.1. The van der Waals surface area contributed by atoms with Crippen LogP contribution in [0, 0.1) is 5.82 Å². The first-order valence-electron chi connectivity index (χ1n) is 8.09. The minimum atomic E-state index is -0.255. The molecule has 7 nitrogen and oxygen atoms in total. The molecule has 4 N–H and O–H groups in total. The maximum Gasteiger partial charge on any atom is 0.163 e. The number of imidazole rings is 1. The van der Waals surface area contributed by atoms with E-state index in [0.29, 0.717) is 5.92 Å². The van der Waals surface area contributed by atoms with Crippen molar-refractivity contribution in [1.82, 2.24) is 19.5 Å².